The van der Waals surface area contributed by atoms with Crippen LogP contribution in [0.1, 0.15) is 50.5 Å². The molecule has 0 saturated carbocycles. The van der Waals surface area contributed by atoms with Gasteiger partial charge in [0, 0.05) is 25.9 Å². The van der Waals surface area contributed by atoms with Crippen LogP contribution in [0.5, 0.6) is 0 Å². The Bertz CT molecular complexity index is 1560. The first-order valence-electron chi connectivity index (χ1n) is 16.3. The molecule has 2 saturated heterocycles. The smallest absolute Gasteiger partial charge is 0.312 e. The lowest BCUT2D eigenvalue weighted by molar-refractivity contribution is -0.146. The summed E-state index contributed by atoms with van der Waals surface area (Å²) in [6.07, 6.45) is 0.581. The summed E-state index contributed by atoms with van der Waals surface area (Å²) in [6, 6.07) is 7.98. The van der Waals surface area contributed by atoms with Gasteiger partial charge in [-0.1, -0.05) is 42.5 Å². The molecule has 16 nitrogen and oxygen atoms in total. The first-order chi connectivity index (χ1) is 23.4. The van der Waals surface area contributed by atoms with Crippen molar-refractivity contribution in [2.75, 3.05) is 19.7 Å². The molecule has 2 aromatic rings. The van der Waals surface area contributed by atoms with Gasteiger partial charge in [-0.15, -0.1) is 0 Å². The second-order valence-corrected chi connectivity index (χ2v) is 12.2. The fourth-order valence-corrected chi connectivity index (χ4v) is 5.81. The van der Waals surface area contributed by atoms with Crippen molar-refractivity contribution in [3.05, 3.63) is 48.0 Å². The molecule has 264 valence electrons. The number of carboxylic acids is 1. The molecule has 0 bridgehead atoms. The lowest BCUT2D eigenvalue weighted by atomic mass is 9.97. The fourth-order valence-electron chi connectivity index (χ4n) is 5.81. The summed E-state index contributed by atoms with van der Waals surface area (Å²) in [5.41, 5.74) is 11.4. The number of urea groups is 1. The highest BCUT2D eigenvalue weighted by molar-refractivity contribution is 5.96. The molecule has 2 aliphatic heterocycles. The maximum absolute atomic E-state index is 13.9. The van der Waals surface area contributed by atoms with Crippen molar-refractivity contribution in [1.82, 2.24) is 26.2 Å². The van der Waals surface area contributed by atoms with Gasteiger partial charge in [-0.3, -0.25) is 28.8 Å². The molecule has 2 heterocycles. The van der Waals surface area contributed by atoms with Crippen molar-refractivity contribution in [3.8, 4) is 0 Å². The number of carboxylic acid groups (broad SMARTS) is 1. The Labute approximate surface area is 282 Å². The van der Waals surface area contributed by atoms with E-state index < -0.39 is 71.8 Å². The van der Waals surface area contributed by atoms with E-state index in [1.165, 1.54) is 4.90 Å². The average molecular weight is 682 g/mol. The van der Waals surface area contributed by atoms with Crippen LogP contribution in [0.2, 0.25) is 0 Å². The van der Waals surface area contributed by atoms with Crippen LogP contribution in [0.3, 0.4) is 0 Å². The van der Waals surface area contributed by atoms with Crippen LogP contribution >= 0.6 is 0 Å². The van der Waals surface area contributed by atoms with Gasteiger partial charge in [0.05, 0.1) is 6.61 Å². The zero-order valence-electron chi connectivity index (χ0n) is 27.0. The van der Waals surface area contributed by atoms with Crippen molar-refractivity contribution < 1.29 is 43.4 Å². The van der Waals surface area contributed by atoms with Crippen LogP contribution in [0.4, 0.5) is 4.79 Å². The van der Waals surface area contributed by atoms with Crippen LogP contribution < -0.4 is 32.7 Å². The first kappa shape index (κ1) is 36.6. The molecule has 2 aromatic carbocycles. The molecule has 16 heteroatoms. The van der Waals surface area contributed by atoms with E-state index in [0.717, 1.165) is 16.3 Å². The van der Waals surface area contributed by atoms with Gasteiger partial charge in [0.2, 0.25) is 23.6 Å². The maximum Gasteiger partial charge on any atom is 0.312 e. The summed E-state index contributed by atoms with van der Waals surface area (Å²) in [4.78, 5) is 89.8. The Kier molecular flexibility index (Phi) is 12.9. The number of nitrogens with zero attached hydrogens (tertiary/aromatic N) is 1. The van der Waals surface area contributed by atoms with Gasteiger partial charge in [-0.05, 0) is 54.9 Å². The summed E-state index contributed by atoms with van der Waals surface area (Å²) in [7, 11) is 0. The standard InChI is InChI=1S/C33H43N7O9/c34-28(43)22(8-5-14-36-33(35)48)37-29(44)24(17-19-10-11-20-6-1-2-7-21(20)16-19)39-30(45)25-9-3-4-15-40(25)32(47)23(12-13-27(41)42)38-31(46)26-18-49-26/h1-2,6-7,10-11,16,22-26H,3-5,8-9,12-15,17-18H2,(H2,34,43)(H,37,44)(H,38,46)(H,39,45)(H,41,42)(H3,35,36,48)/t22?,23-,24?,25?,26?/m0/s1. The largest absolute Gasteiger partial charge is 0.481 e. The Morgan fingerprint density at radius 2 is 1.59 bits per heavy atom. The Hall–Kier alpha value is -5.25. The molecule has 9 N–H and O–H groups in total. The molecule has 4 rings (SSSR count). The molecular formula is C33H43N7O9. The third kappa shape index (κ3) is 10.9. The summed E-state index contributed by atoms with van der Waals surface area (Å²) in [5.74, 6) is -4.41. The Morgan fingerprint density at radius 1 is 0.878 bits per heavy atom. The molecule has 0 aromatic heterocycles. The number of aliphatic carboxylic acids is 1. The number of primary amides is 2. The number of carbonyl (C=O) groups excluding carboxylic acids is 6. The van der Waals surface area contributed by atoms with Gasteiger partial charge >= 0.3 is 12.0 Å². The van der Waals surface area contributed by atoms with E-state index in [-0.39, 0.29) is 58.2 Å². The second-order valence-electron chi connectivity index (χ2n) is 12.2. The molecular weight excluding hydrogens is 638 g/mol. The van der Waals surface area contributed by atoms with Crippen LogP contribution in [0.15, 0.2) is 42.5 Å². The molecule has 0 spiro atoms. The quantitative estimate of drug-likeness (QED) is 0.0831. The number of amides is 7. The van der Waals surface area contributed by atoms with Gasteiger partial charge in [0.15, 0.2) is 6.10 Å². The highest BCUT2D eigenvalue weighted by Gasteiger charge is 2.40. The number of rotatable bonds is 17. The van der Waals surface area contributed by atoms with Crippen LogP contribution in [0, 0.1) is 0 Å². The summed E-state index contributed by atoms with van der Waals surface area (Å²) in [6.45, 7) is 0.530. The van der Waals surface area contributed by atoms with Crippen LogP contribution in [-0.2, 0) is 39.9 Å². The predicted molar refractivity (Wildman–Crippen MR) is 175 cm³/mol. The lowest BCUT2D eigenvalue weighted by Gasteiger charge is -2.37. The molecule has 7 amide bonds. The number of nitrogens with one attached hydrogen (secondary N) is 4. The number of ether oxygens (including phenoxy) is 1. The molecule has 2 aliphatic rings. The molecule has 0 aliphatic carbocycles. The third-order valence-corrected chi connectivity index (χ3v) is 8.49. The minimum absolute atomic E-state index is 0.0382. The topological polar surface area (TPSA) is 256 Å². The van der Waals surface area contributed by atoms with Gasteiger partial charge in [0.1, 0.15) is 24.2 Å². The number of epoxide rings is 1. The van der Waals surface area contributed by atoms with E-state index in [9.17, 15) is 38.7 Å². The second kappa shape index (κ2) is 17.2. The zero-order chi connectivity index (χ0) is 35.5. The van der Waals surface area contributed by atoms with Gasteiger partial charge in [-0.2, -0.15) is 0 Å². The molecule has 0 radical (unpaired) electrons. The first-order valence-corrected chi connectivity index (χ1v) is 16.3. The summed E-state index contributed by atoms with van der Waals surface area (Å²) < 4.78 is 4.99. The lowest BCUT2D eigenvalue weighted by Crippen LogP contribution is -2.60. The van der Waals surface area contributed by atoms with E-state index in [4.69, 9.17) is 16.2 Å². The predicted octanol–water partition coefficient (Wildman–Crippen LogP) is -0.585. The number of carbonyl (C=O) groups is 7. The maximum atomic E-state index is 13.9. The third-order valence-electron chi connectivity index (χ3n) is 8.49. The van der Waals surface area contributed by atoms with E-state index in [1.54, 1.807) is 0 Å². The van der Waals surface area contributed by atoms with Crippen molar-refractivity contribution in [1.29, 1.82) is 0 Å². The van der Waals surface area contributed by atoms with Gasteiger partial charge < -0.3 is 47.5 Å². The highest BCUT2D eigenvalue weighted by atomic mass is 16.6. The van der Waals surface area contributed by atoms with Crippen LogP contribution in [-0.4, -0.2) is 102 Å². The average Bonchev–Trinajstić information content (AvgIpc) is 3.93. The minimum atomic E-state index is -1.20. The van der Waals surface area contributed by atoms with Gasteiger partial charge in [0.25, 0.3) is 5.91 Å². The zero-order valence-corrected chi connectivity index (χ0v) is 27.0. The van der Waals surface area contributed by atoms with Crippen molar-refractivity contribution in [2.24, 2.45) is 11.5 Å². The Balaban J connectivity index is 1.54. The van der Waals surface area contributed by atoms with E-state index >= 15 is 0 Å². The van der Waals surface area contributed by atoms with Crippen molar-refractivity contribution >= 4 is 52.3 Å². The normalized spacial score (nSPS) is 18.7. The Morgan fingerprint density at radius 3 is 2.27 bits per heavy atom. The van der Waals surface area contributed by atoms with E-state index in [2.05, 4.69) is 21.3 Å². The number of likely N-dealkylation sites (tertiary alicyclic amines) is 1. The monoisotopic (exact) mass is 681 g/mol. The molecule has 4 unspecified atom stereocenters. The number of piperidine rings is 1. The molecule has 49 heavy (non-hydrogen) atoms. The SMILES string of the molecule is NC(=O)NCCCC(NC(=O)C(Cc1ccc2ccccc2c1)NC(=O)C1CCCCN1C(=O)[C@H](CCC(=O)O)NC(=O)C1CO1)C(N)=O. The van der Waals surface area contributed by atoms with E-state index in [1.807, 2.05) is 42.5 Å². The van der Waals surface area contributed by atoms with Crippen molar-refractivity contribution in [2.45, 2.75) is 81.6 Å². The number of hydrogen-bond acceptors (Lipinski definition) is 8. The van der Waals surface area contributed by atoms with Crippen molar-refractivity contribution in [3.63, 3.8) is 0 Å². The number of nitrogens with two attached hydrogens (primary N) is 2. The fraction of sp³-hybridized carbons (Fsp3) is 0.485. The van der Waals surface area contributed by atoms with Crippen LogP contribution in [0.25, 0.3) is 10.8 Å². The summed E-state index contributed by atoms with van der Waals surface area (Å²) in [5, 5.41) is 21.5. The number of benzene rings is 2. The number of hydrogen-bond donors (Lipinski definition) is 7. The van der Waals surface area contributed by atoms with Gasteiger partial charge in [-0.25, -0.2) is 4.79 Å². The van der Waals surface area contributed by atoms with E-state index in [0.29, 0.717) is 12.8 Å². The highest BCUT2D eigenvalue weighted by Crippen LogP contribution is 2.22. The molecule has 2 fully saturated rings. The summed E-state index contributed by atoms with van der Waals surface area (Å²) >= 11 is 0. The molecule has 5 atom stereocenters. The number of fused-ring (bicyclic) bond motifs is 1. The minimum Gasteiger partial charge on any atom is -0.481 e.